The topological polar surface area (TPSA) is 133 Å². The zero-order valence-electron chi connectivity index (χ0n) is 25.1. The molecule has 0 aliphatic carbocycles. The number of benzene rings is 3. The summed E-state index contributed by atoms with van der Waals surface area (Å²) in [6, 6.07) is 20.2. The molecule has 0 radical (unpaired) electrons. The number of nitrogens with one attached hydrogen (secondary N) is 1. The molecule has 4 aromatic rings. The van der Waals surface area contributed by atoms with E-state index in [0.29, 0.717) is 43.9 Å². The van der Waals surface area contributed by atoms with Crippen LogP contribution in [0.5, 0.6) is 11.5 Å². The van der Waals surface area contributed by atoms with Crippen LogP contribution in [0.3, 0.4) is 0 Å². The van der Waals surface area contributed by atoms with Gasteiger partial charge in [0.15, 0.2) is 11.5 Å². The minimum atomic E-state index is -0.889. The third-order valence-corrected chi connectivity index (χ3v) is 10.4. The van der Waals surface area contributed by atoms with Gasteiger partial charge in [0.05, 0.1) is 43.0 Å². The van der Waals surface area contributed by atoms with Crippen LogP contribution < -0.4 is 24.6 Å². The summed E-state index contributed by atoms with van der Waals surface area (Å²) in [5, 5.41) is 2.37. The van der Waals surface area contributed by atoms with Gasteiger partial charge in [0.2, 0.25) is 17.7 Å². The van der Waals surface area contributed by atoms with Crippen LogP contribution in [0.1, 0.15) is 33.6 Å². The predicted molar refractivity (Wildman–Crippen MR) is 173 cm³/mol. The second-order valence-corrected chi connectivity index (χ2v) is 12.6. The Balaban J connectivity index is 1.41. The van der Waals surface area contributed by atoms with Gasteiger partial charge in [0.1, 0.15) is 11.8 Å². The first-order valence-electron chi connectivity index (χ1n) is 14.4. The lowest BCUT2D eigenvalue weighted by Gasteiger charge is -2.31. The molecule has 1 saturated heterocycles. The number of thiazole rings is 1. The molecule has 2 unspecified atom stereocenters. The molecule has 2 aliphatic rings. The standard InChI is InChI=1S/C33H29N3O8S2/c1-4-44-32(40)18-10-13-21(14-11-18)36-29(38)26-25(19-12-15-22(42-2)23(16-19)43-3)28-31(45-27(26)30(36)39)35(33(41)46-28)17-24(37)34-20-8-6-5-7-9-20/h5-16,25-27H,4,17H2,1-3H3,(H,34,37)/t25-,26?,27?/m1/s1. The first kappa shape index (κ1) is 31.1. The van der Waals surface area contributed by atoms with Crippen molar-refractivity contribution >= 4 is 58.2 Å². The van der Waals surface area contributed by atoms with Gasteiger partial charge in [0.25, 0.3) is 0 Å². The molecule has 13 heteroatoms. The highest BCUT2D eigenvalue weighted by Crippen LogP contribution is 2.54. The molecule has 2 aliphatic heterocycles. The highest BCUT2D eigenvalue weighted by molar-refractivity contribution is 8.00. The molecule has 0 saturated carbocycles. The minimum Gasteiger partial charge on any atom is -0.493 e. The van der Waals surface area contributed by atoms with Crippen molar-refractivity contribution in [3.8, 4) is 11.5 Å². The van der Waals surface area contributed by atoms with Crippen LogP contribution in [0, 0.1) is 5.92 Å². The molecular formula is C33H29N3O8S2. The maximum Gasteiger partial charge on any atom is 0.338 e. The number of aromatic nitrogens is 1. The van der Waals surface area contributed by atoms with Crippen molar-refractivity contribution in [2.75, 3.05) is 31.0 Å². The quantitative estimate of drug-likeness (QED) is 0.203. The summed E-state index contributed by atoms with van der Waals surface area (Å²) in [4.78, 5) is 68.3. The fourth-order valence-electron chi connectivity index (χ4n) is 5.74. The maximum absolute atomic E-state index is 14.2. The lowest BCUT2D eigenvalue weighted by molar-refractivity contribution is -0.122. The summed E-state index contributed by atoms with van der Waals surface area (Å²) in [5.74, 6) is -2.47. The number of anilines is 2. The number of thioether (sulfide) groups is 1. The number of imide groups is 1. The van der Waals surface area contributed by atoms with Gasteiger partial charge in [-0.25, -0.2) is 9.69 Å². The number of amides is 3. The Hall–Kier alpha value is -4.88. The molecule has 0 bridgehead atoms. The normalized spacial score (nSPS) is 18.5. The van der Waals surface area contributed by atoms with Gasteiger partial charge in [-0.1, -0.05) is 47.4 Å². The zero-order chi connectivity index (χ0) is 32.5. The first-order valence-corrected chi connectivity index (χ1v) is 16.1. The van der Waals surface area contributed by atoms with Crippen molar-refractivity contribution < 1.29 is 33.4 Å². The van der Waals surface area contributed by atoms with Crippen LogP contribution in [0.15, 0.2) is 82.6 Å². The van der Waals surface area contributed by atoms with E-state index in [1.54, 1.807) is 49.4 Å². The van der Waals surface area contributed by atoms with E-state index in [4.69, 9.17) is 14.2 Å². The number of carbonyl (C=O) groups excluding carboxylic acids is 4. The SMILES string of the molecule is CCOC(=O)c1ccc(N2C(=O)C3Sc4c(sc(=O)n4CC(=O)Nc4ccccc4)[C@H](c4ccc(OC)c(OC)c4)C3C2=O)cc1. The Kier molecular flexibility index (Phi) is 8.69. The van der Waals surface area contributed by atoms with Crippen molar-refractivity contribution in [1.29, 1.82) is 0 Å². The van der Waals surface area contributed by atoms with Crippen molar-refractivity contribution in [2.45, 2.75) is 29.7 Å². The Morgan fingerprint density at radius 3 is 2.28 bits per heavy atom. The monoisotopic (exact) mass is 659 g/mol. The van der Waals surface area contributed by atoms with E-state index in [1.165, 1.54) is 43.1 Å². The van der Waals surface area contributed by atoms with Gasteiger partial charge >= 0.3 is 10.8 Å². The molecular weight excluding hydrogens is 631 g/mol. The number of hydrogen-bond donors (Lipinski definition) is 1. The smallest absolute Gasteiger partial charge is 0.338 e. The molecule has 1 N–H and O–H groups in total. The van der Waals surface area contributed by atoms with Gasteiger partial charge < -0.3 is 19.5 Å². The van der Waals surface area contributed by atoms with Crippen molar-refractivity contribution in [3.63, 3.8) is 0 Å². The summed E-state index contributed by atoms with van der Waals surface area (Å²) in [6.45, 7) is 1.64. The van der Waals surface area contributed by atoms with Crippen LogP contribution in [-0.2, 0) is 25.7 Å². The highest BCUT2D eigenvalue weighted by Gasteiger charge is 2.57. The minimum absolute atomic E-state index is 0.213. The van der Waals surface area contributed by atoms with E-state index in [2.05, 4.69) is 5.32 Å². The van der Waals surface area contributed by atoms with Crippen LogP contribution >= 0.6 is 23.1 Å². The molecule has 3 aromatic carbocycles. The number of ether oxygens (including phenoxy) is 3. The molecule has 3 atom stereocenters. The average molecular weight is 660 g/mol. The van der Waals surface area contributed by atoms with Gasteiger partial charge in [-0.2, -0.15) is 0 Å². The molecule has 1 aromatic heterocycles. The largest absolute Gasteiger partial charge is 0.493 e. The summed E-state index contributed by atoms with van der Waals surface area (Å²) < 4.78 is 17.4. The van der Waals surface area contributed by atoms with E-state index < -0.39 is 40.8 Å². The molecule has 46 heavy (non-hydrogen) atoms. The summed E-state index contributed by atoms with van der Waals surface area (Å²) >= 11 is 2.07. The third kappa shape index (κ3) is 5.56. The van der Waals surface area contributed by atoms with Crippen LogP contribution in [-0.4, -0.2) is 54.3 Å². The number of para-hydroxylation sites is 1. The van der Waals surface area contributed by atoms with Gasteiger partial charge in [-0.15, -0.1) is 0 Å². The summed E-state index contributed by atoms with van der Waals surface area (Å²) in [5.41, 5.74) is 1.84. The van der Waals surface area contributed by atoms with E-state index >= 15 is 0 Å². The van der Waals surface area contributed by atoms with E-state index in [0.717, 1.165) is 28.0 Å². The number of rotatable bonds is 9. The fourth-order valence-corrected chi connectivity index (χ4v) is 8.52. The highest BCUT2D eigenvalue weighted by atomic mass is 32.2. The van der Waals surface area contributed by atoms with E-state index in [-0.39, 0.29) is 18.0 Å². The number of methoxy groups -OCH3 is 2. The van der Waals surface area contributed by atoms with Crippen molar-refractivity contribution in [2.24, 2.45) is 5.92 Å². The molecule has 236 valence electrons. The maximum atomic E-state index is 14.2. The Labute approximate surface area is 272 Å². The number of fused-ring (bicyclic) bond motifs is 2. The number of esters is 1. The van der Waals surface area contributed by atoms with E-state index in [1.807, 2.05) is 6.07 Å². The average Bonchev–Trinajstić information content (AvgIpc) is 3.51. The molecule has 6 rings (SSSR count). The molecule has 1 fully saturated rings. The zero-order valence-corrected chi connectivity index (χ0v) is 26.7. The Morgan fingerprint density at radius 1 is 0.891 bits per heavy atom. The van der Waals surface area contributed by atoms with Crippen LogP contribution in [0.4, 0.5) is 11.4 Å². The van der Waals surface area contributed by atoms with Crippen molar-refractivity contribution in [3.05, 3.63) is 98.5 Å². The Morgan fingerprint density at radius 2 is 1.61 bits per heavy atom. The predicted octanol–water partition coefficient (Wildman–Crippen LogP) is 4.54. The van der Waals surface area contributed by atoms with Gasteiger partial charge in [0, 0.05) is 16.5 Å². The first-order chi connectivity index (χ1) is 22.2. The number of carbonyl (C=O) groups is 4. The Bertz CT molecular complexity index is 1890. The van der Waals surface area contributed by atoms with Crippen LogP contribution in [0.25, 0.3) is 0 Å². The lowest BCUT2D eigenvalue weighted by Crippen LogP contribution is -2.33. The molecule has 11 nitrogen and oxygen atoms in total. The van der Waals surface area contributed by atoms with Gasteiger partial charge in [-0.05, 0) is 61.0 Å². The lowest BCUT2D eigenvalue weighted by atomic mass is 9.83. The second-order valence-electron chi connectivity index (χ2n) is 10.5. The van der Waals surface area contributed by atoms with E-state index in [9.17, 15) is 24.0 Å². The molecule has 3 amide bonds. The second kappa shape index (κ2) is 12.9. The number of hydrogen-bond acceptors (Lipinski definition) is 10. The molecule has 0 spiro atoms. The molecule has 3 heterocycles. The summed E-state index contributed by atoms with van der Waals surface area (Å²) in [7, 11) is 3.01. The number of nitrogens with zero attached hydrogens (tertiary/aromatic N) is 2. The third-order valence-electron chi connectivity index (χ3n) is 7.81. The van der Waals surface area contributed by atoms with Crippen molar-refractivity contribution in [1.82, 2.24) is 4.57 Å². The summed E-state index contributed by atoms with van der Waals surface area (Å²) in [6.07, 6.45) is 0. The van der Waals surface area contributed by atoms with Crippen LogP contribution in [0.2, 0.25) is 0 Å². The fraction of sp³-hybridized carbons (Fsp3) is 0.242. The van der Waals surface area contributed by atoms with Gasteiger partial charge in [-0.3, -0.25) is 23.7 Å².